The molecule has 0 aliphatic heterocycles. The van der Waals surface area contributed by atoms with Crippen molar-refractivity contribution in [2.24, 2.45) is 0 Å². The summed E-state index contributed by atoms with van der Waals surface area (Å²) in [6, 6.07) is 14.7. The third-order valence-electron chi connectivity index (χ3n) is 2.73. The quantitative estimate of drug-likeness (QED) is 0.652. The SMILES string of the molecule is Clc1ccc(OCc2cc3ccc(Cl)cc3o2)cc1. The van der Waals surface area contributed by atoms with Crippen LogP contribution in [0.25, 0.3) is 11.0 Å². The van der Waals surface area contributed by atoms with Crippen molar-refractivity contribution in [1.29, 1.82) is 0 Å². The summed E-state index contributed by atoms with van der Waals surface area (Å²) in [4.78, 5) is 0. The molecule has 0 N–H and O–H groups in total. The molecule has 0 saturated carbocycles. The van der Waals surface area contributed by atoms with Crippen LogP contribution < -0.4 is 4.74 Å². The highest BCUT2D eigenvalue weighted by Crippen LogP contribution is 2.24. The molecule has 4 heteroatoms. The Morgan fingerprint density at radius 2 is 1.63 bits per heavy atom. The molecular formula is C15H10Cl2O2. The van der Waals surface area contributed by atoms with Gasteiger partial charge in [0.25, 0.3) is 0 Å². The highest BCUT2D eigenvalue weighted by Gasteiger charge is 2.05. The molecule has 2 nitrogen and oxygen atoms in total. The number of hydrogen-bond acceptors (Lipinski definition) is 2. The zero-order valence-electron chi connectivity index (χ0n) is 9.90. The van der Waals surface area contributed by atoms with Gasteiger partial charge in [0, 0.05) is 21.5 Å². The molecule has 1 aromatic heterocycles. The monoisotopic (exact) mass is 292 g/mol. The fourth-order valence-corrected chi connectivity index (χ4v) is 2.10. The zero-order valence-corrected chi connectivity index (χ0v) is 11.4. The smallest absolute Gasteiger partial charge is 0.146 e. The van der Waals surface area contributed by atoms with Gasteiger partial charge in [0.1, 0.15) is 23.7 Å². The Labute approximate surface area is 120 Å². The van der Waals surface area contributed by atoms with Gasteiger partial charge in [0.15, 0.2) is 0 Å². The van der Waals surface area contributed by atoms with Crippen molar-refractivity contribution in [1.82, 2.24) is 0 Å². The van der Waals surface area contributed by atoms with Gasteiger partial charge in [-0.2, -0.15) is 0 Å². The first-order chi connectivity index (χ1) is 9.20. The van der Waals surface area contributed by atoms with Gasteiger partial charge in [0.2, 0.25) is 0 Å². The lowest BCUT2D eigenvalue weighted by Crippen LogP contribution is -1.92. The fourth-order valence-electron chi connectivity index (χ4n) is 1.82. The third-order valence-corrected chi connectivity index (χ3v) is 3.21. The Kier molecular flexibility index (Phi) is 3.36. The summed E-state index contributed by atoms with van der Waals surface area (Å²) in [6.45, 7) is 0.369. The number of hydrogen-bond donors (Lipinski definition) is 0. The largest absolute Gasteiger partial charge is 0.486 e. The molecule has 0 bridgehead atoms. The van der Waals surface area contributed by atoms with Gasteiger partial charge in [-0.3, -0.25) is 0 Å². The van der Waals surface area contributed by atoms with E-state index in [2.05, 4.69) is 0 Å². The molecule has 0 unspecified atom stereocenters. The van der Waals surface area contributed by atoms with Gasteiger partial charge in [-0.1, -0.05) is 23.2 Å². The summed E-state index contributed by atoms with van der Waals surface area (Å²) in [5.74, 6) is 1.51. The lowest BCUT2D eigenvalue weighted by atomic mass is 10.2. The summed E-state index contributed by atoms with van der Waals surface area (Å²) in [6.07, 6.45) is 0. The predicted octanol–water partition coefficient (Wildman–Crippen LogP) is 5.32. The molecule has 2 aromatic carbocycles. The van der Waals surface area contributed by atoms with E-state index in [1.54, 1.807) is 18.2 Å². The molecule has 3 rings (SSSR count). The van der Waals surface area contributed by atoms with Crippen LogP contribution in [0.3, 0.4) is 0 Å². The number of rotatable bonds is 3. The molecule has 0 saturated heterocycles. The maximum Gasteiger partial charge on any atom is 0.146 e. The number of halogens is 2. The molecule has 0 fully saturated rings. The minimum Gasteiger partial charge on any atom is -0.486 e. The van der Waals surface area contributed by atoms with Crippen LogP contribution in [0.15, 0.2) is 52.9 Å². The fraction of sp³-hybridized carbons (Fsp3) is 0.0667. The molecular weight excluding hydrogens is 283 g/mol. The van der Waals surface area contributed by atoms with Gasteiger partial charge < -0.3 is 9.15 Å². The Hall–Kier alpha value is -1.64. The first-order valence-corrected chi connectivity index (χ1v) is 6.53. The van der Waals surface area contributed by atoms with Crippen molar-refractivity contribution < 1.29 is 9.15 Å². The lowest BCUT2D eigenvalue weighted by molar-refractivity contribution is 0.274. The van der Waals surface area contributed by atoms with Crippen molar-refractivity contribution in [2.75, 3.05) is 0 Å². The van der Waals surface area contributed by atoms with E-state index in [9.17, 15) is 0 Å². The first-order valence-electron chi connectivity index (χ1n) is 5.77. The van der Waals surface area contributed by atoms with E-state index in [0.29, 0.717) is 16.7 Å². The Morgan fingerprint density at radius 1 is 0.895 bits per heavy atom. The van der Waals surface area contributed by atoms with E-state index in [-0.39, 0.29) is 0 Å². The average molecular weight is 293 g/mol. The van der Waals surface area contributed by atoms with E-state index in [4.69, 9.17) is 32.4 Å². The second-order valence-electron chi connectivity index (χ2n) is 4.14. The van der Waals surface area contributed by atoms with Crippen molar-refractivity contribution in [2.45, 2.75) is 6.61 Å². The van der Waals surface area contributed by atoms with Gasteiger partial charge in [-0.25, -0.2) is 0 Å². The minimum atomic E-state index is 0.369. The van der Waals surface area contributed by atoms with Crippen LogP contribution >= 0.6 is 23.2 Å². The molecule has 0 aliphatic carbocycles. The second-order valence-corrected chi connectivity index (χ2v) is 5.01. The molecule has 0 radical (unpaired) electrons. The van der Waals surface area contributed by atoms with Crippen LogP contribution in [0, 0.1) is 0 Å². The maximum absolute atomic E-state index is 5.91. The van der Waals surface area contributed by atoms with Crippen molar-refractivity contribution >= 4 is 34.2 Å². The Morgan fingerprint density at radius 3 is 2.42 bits per heavy atom. The van der Waals surface area contributed by atoms with Crippen LogP contribution in [0.2, 0.25) is 10.0 Å². The Balaban J connectivity index is 1.76. The highest BCUT2D eigenvalue weighted by molar-refractivity contribution is 6.31. The van der Waals surface area contributed by atoms with Crippen LogP contribution in [-0.4, -0.2) is 0 Å². The molecule has 0 atom stereocenters. The normalized spacial score (nSPS) is 10.8. The standard InChI is InChI=1S/C15H10Cl2O2/c16-11-3-5-13(6-4-11)18-9-14-7-10-1-2-12(17)8-15(10)19-14/h1-8H,9H2. The molecule has 96 valence electrons. The van der Waals surface area contributed by atoms with Crippen molar-refractivity contribution in [3.05, 3.63) is 64.3 Å². The van der Waals surface area contributed by atoms with Gasteiger partial charge in [-0.15, -0.1) is 0 Å². The lowest BCUT2D eigenvalue weighted by Gasteiger charge is -2.03. The van der Waals surface area contributed by atoms with E-state index in [0.717, 1.165) is 22.5 Å². The third kappa shape index (κ3) is 2.86. The zero-order chi connectivity index (χ0) is 13.2. The number of benzene rings is 2. The van der Waals surface area contributed by atoms with Crippen molar-refractivity contribution in [3.8, 4) is 5.75 Å². The number of ether oxygens (including phenoxy) is 1. The Bertz CT molecular complexity index is 702. The molecule has 1 heterocycles. The van der Waals surface area contributed by atoms with E-state index in [1.807, 2.05) is 30.3 Å². The molecule has 0 aliphatic rings. The summed E-state index contributed by atoms with van der Waals surface area (Å²) in [5, 5.41) is 2.36. The second kappa shape index (κ2) is 5.16. The highest BCUT2D eigenvalue weighted by atomic mass is 35.5. The summed E-state index contributed by atoms with van der Waals surface area (Å²) in [5.41, 5.74) is 0.766. The van der Waals surface area contributed by atoms with E-state index >= 15 is 0 Å². The van der Waals surface area contributed by atoms with Crippen LogP contribution in [0.4, 0.5) is 0 Å². The molecule has 0 amide bonds. The van der Waals surface area contributed by atoms with Crippen LogP contribution in [0.5, 0.6) is 5.75 Å². The van der Waals surface area contributed by atoms with Crippen LogP contribution in [-0.2, 0) is 6.61 Å². The minimum absolute atomic E-state index is 0.369. The maximum atomic E-state index is 5.91. The summed E-state index contributed by atoms with van der Waals surface area (Å²) < 4.78 is 11.3. The van der Waals surface area contributed by atoms with Gasteiger partial charge >= 0.3 is 0 Å². The number of fused-ring (bicyclic) bond motifs is 1. The predicted molar refractivity (Wildman–Crippen MR) is 77.0 cm³/mol. The van der Waals surface area contributed by atoms with Crippen LogP contribution in [0.1, 0.15) is 5.76 Å². The molecule has 0 spiro atoms. The summed E-state index contributed by atoms with van der Waals surface area (Å²) >= 11 is 11.7. The molecule has 3 aromatic rings. The topological polar surface area (TPSA) is 22.4 Å². The first kappa shape index (κ1) is 12.4. The van der Waals surface area contributed by atoms with E-state index in [1.165, 1.54) is 0 Å². The molecule has 19 heavy (non-hydrogen) atoms. The number of furan rings is 1. The van der Waals surface area contributed by atoms with E-state index < -0.39 is 0 Å². The van der Waals surface area contributed by atoms with Gasteiger partial charge in [0.05, 0.1) is 0 Å². The summed E-state index contributed by atoms with van der Waals surface area (Å²) in [7, 11) is 0. The van der Waals surface area contributed by atoms with Gasteiger partial charge in [-0.05, 0) is 42.5 Å². The average Bonchev–Trinajstić information content (AvgIpc) is 2.80. The van der Waals surface area contributed by atoms with Crippen molar-refractivity contribution in [3.63, 3.8) is 0 Å².